The lowest BCUT2D eigenvalue weighted by Crippen LogP contribution is -2.47. The van der Waals surface area contributed by atoms with Crippen LogP contribution in [0.5, 0.6) is 0 Å². The summed E-state index contributed by atoms with van der Waals surface area (Å²) in [5, 5.41) is 10.9. The van der Waals surface area contributed by atoms with E-state index in [1.165, 1.54) is 25.7 Å². The molecule has 2 heterocycles. The van der Waals surface area contributed by atoms with Gasteiger partial charge in [-0.1, -0.05) is 12.8 Å². The normalized spacial score (nSPS) is 44.9. The number of rotatable bonds is 2. The zero-order valence-electron chi connectivity index (χ0n) is 12.4. The molecule has 4 rings (SSSR count). The van der Waals surface area contributed by atoms with E-state index < -0.39 is 0 Å². The first-order valence-corrected chi connectivity index (χ1v) is 8.69. The molecular weight excluding hydrogens is 252 g/mol. The van der Waals surface area contributed by atoms with Crippen molar-refractivity contribution >= 4 is 0 Å². The number of aliphatic hydroxyl groups excluding tert-OH is 1. The molecular formula is C17H28O3. The molecule has 0 aromatic heterocycles. The van der Waals surface area contributed by atoms with Crippen molar-refractivity contribution in [2.75, 3.05) is 19.8 Å². The minimum absolute atomic E-state index is 0.0300. The van der Waals surface area contributed by atoms with Crippen LogP contribution in [0, 0.1) is 23.7 Å². The van der Waals surface area contributed by atoms with Gasteiger partial charge in [0.25, 0.3) is 0 Å². The fourth-order valence-corrected chi connectivity index (χ4v) is 5.32. The molecule has 4 unspecified atom stereocenters. The first kappa shape index (κ1) is 13.5. The Labute approximate surface area is 122 Å². The van der Waals surface area contributed by atoms with E-state index in [9.17, 15) is 5.11 Å². The summed E-state index contributed by atoms with van der Waals surface area (Å²) in [7, 11) is 0. The third-order valence-corrected chi connectivity index (χ3v) is 6.54. The third-order valence-electron chi connectivity index (χ3n) is 6.54. The van der Waals surface area contributed by atoms with Crippen LogP contribution >= 0.6 is 0 Å². The summed E-state index contributed by atoms with van der Waals surface area (Å²) in [6.45, 7) is 2.50. The number of fused-ring (bicyclic) bond motifs is 1. The molecule has 0 amide bonds. The summed E-state index contributed by atoms with van der Waals surface area (Å²) in [6, 6.07) is 0. The van der Waals surface area contributed by atoms with E-state index in [1.807, 2.05) is 0 Å². The number of hydrogen-bond donors (Lipinski definition) is 1. The summed E-state index contributed by atoms with van der Waals surface area (Å²) in [5.74, 6) is 2.80. The van der Waals surface area contributed by atoms with Crippen molar-refractivity contribution in [1.29, 1.82) is 0 Å². The molecule has 114 valence electrons. The highest BCUT2D eigenvalue weighted by molar-refractivity contribution is 5.05. The van der Waals surface area contributed by atoms with Gasteiger partial charge in [0.05, 0.1) is 11.7 Å². The second-order valence-electron chi connectivity index (χ2n) is 7.58. The van der Waals surface area contributed by atoms with Gasteiger partial charge in [-0.25, -0.2) is 0 Å². The summed E-state index contributed by atoms with van der Waals surface area (Å²) >= 11 is 0. The quantitative estimate of drug-likeness (QED) is 0.845. The van der Waals surface area contributed by atoms with E-state index in [1.54, 1.807) is 0 Å². The highest BCUT2D eigenvalue weighted by atomic mass is 16.5. The van der Waals surface area contributed by atoms with Crippen molar-refractivity contribution in [3.63, 3.8) is 0 Å². The van der Waals surface area contributed by atoms with Gasteiger partial charge >= 0.3 is 0 Å². The van der Waals surface area contributed by atoms with Gasteiger partial charge in [-0.05, 0) is 62.2 Å². The van der Waals surface area contributed by atoms with Gasteiger partial charge in [0, 0.05) is 19.8 Å². The molecule has 4 atom stereocenters. The molecule has 0 aromatic carbocycles. The molecule has 1 spiro atoms. The molecule has 20 heavy (non-hydrogen) atoms. The highest BCUT2D eigenvalue weighted by Gasteiger charge is 2.56. The van der Waals surface area contributed by atoms with Gasteiger partial charge in [0.2, 0.25) is 0 Å². The standard InChI is InChI=1S/C17H28O3/c18-16(15-13-3-1-2-4-14(13)15)12-5-8-20-17(11-12)6-9-19-10-7-17/h12-16,18H,1-11H2. The lowest BCUT2D eigenvalue weighted by molar-refractivity contribution is -0.160. The van der Waals surface area contributed by atoms with Crippen LogP contribution in [-0.2, 0) is 9.47 Å². The molecule has 4 aliphatic rings. The predicted molar refractivity (Wildman–Crippen MR) is 76.4 cm³/mol. The molecule has 2 saturated carbocycles. The molecule has 1 N–H and O–H groups in total. The Hall–Kier alpha value is -0.120. The largest absolute Gasteiger partial charge is 0.393 e. The highest BCUT2D eigenvalue weighted by Crippen LogP contribution is 2.59. The fourth-order valence-electron chi connectivity index (χ4n) is 5.32. The van der Waals surface area contributed by atoms with E-state index in [4.69, 9.17) is 9.47 Å². The SMILES string of the molecule is OC(C1CCOC2(CCOCC2)C1)C1C2CCCCC21. The van der Waals surface area contributed by atoms with Crippen molar-refractivity contribution in [3.8, 4) is 0 Å². The maximum Gasteiger partial charge on any atom is 0.0730 e. The molecule has 0 radical (unpaired) electrons. The lowest BCUT2D eigenvalue weighted by atomic mass is 9.77. The Morgan fingerprint density at radius 1 is 0.950 bits per heavy atom. The van der Waals surface area contributed by atoms with Crippen LogP contribution in [-0.4, -0.2) is 36.6 Å². The van der Waals surface area contributed by atoms with Crippen LogP contribution in [0.2, 0.25) is 0 Å². The third kappa shape index (κ3) is 2.32. The van der Waals surface area contributed by atoms with E-state index in [-0.39, 0.29) is 11.7 Å². The van der Waals surface area contributed by atoms with Gasteiger partial charge in [0.1, 0.15) is 0 Å². The number of aliphatic hydroxyl groups is 1. The van der Waals surface area contributed by atoms with Gasteiger partial charge in [-0.15, -0.1) is 0 Å². The molecule has 2 aliphatic carbocycles. The van der Waals surface area contributed by atoms with Crippen molar-refractivity contribution < 1.29 is 14.6 Å². The van der Waals surface area contributed by atoms with E-state index >= 15 is 0 Å². The maximum absolute atomic E-state index is 10.9. The molecule has 3 heteroatoms. The fraction of sp³-hybridized carbons (Fsp3) is 1.00. The molecule has 4 fully saturated rings. The Bertz CT molecular complexity index is 333. The van der Waals surface area contributed by atoms with Crippen LogP contribution in [0.25, 0.3) is 0 Å². The van der Waals surface area contributed by atoms with Crippen molar-refractivity contribution in [2.45, 2.75) is 63.1 Å². The monoisotopic (exact) mass is 280 g/mol. The van der Waals surface area contributed by atoms with Crippen LogP contribution in [0.3, 0.4) is 0 Å². The van der Waals surface area contributed by atoms with Crippen molar-refractivity contribution in [3.05, 3.63) is 0 Å². The number of ether oxygens (including phenoxy) is 2. The van der Waals surface area contributed by atoms with Crippen molar-refractivity contribution in [1.82, 2.24) is 0 Å². The first-order valence-electron chi connectivity index (χ1n) is 8.69. The van der Waals surface area contributed by atoms with Gasteiger partial charge in [-0.3, -0.25) is 0 Å². The maximum atomic E-state index is 10.9. The Kier molecular flexibility index (Phi) is 3.56. The molecule has 3 nitrogen and oxygen atoms in total. The second kappa shape index (κ2) is 5.26. The van der Waals surface area contributed by atoms with Crippen LogP contribution in [0.4, 0.5) is 0 Å². The number of hydrogen-bond acceptors (Lipinski definition) is 3. The van der Waals surface area contributed by atoms with Gasteiger partial charge in [0.15, 0.2) is 0 Å². The smallest absolute Gasteiger partial charge is 0.0730 e. The average Bonchev–Trinajstić information content (AvgIpc) is 3.22. The zero-order valence-corrected chi connectivity index (χ0v) is 12.4. The second-order valence-corrected chi connectivity index (χ2v) is 7.58. The minimum Gasteiger partial charge on any atom is -0.393 e. The summed E-state index contributed by atoms with van der Waals surface area (Å²) in [5.41, 5.74) is 0.0300. The zero-order chi connectivity index (χ0) is 13.6. The predicted octanol–water partition coefficient (Wildman–Crippen LogP) is 2.76. The molecule has 2 saturated heterocycles. The van der Waals surface area contributed by atoms with Crippen LogP contribution in [0.1, 0.15) is 51.4 Å². The molecule has 0 bridgehead atoms. The van der Waals surface area contributed by atoms with E-state index in [0.29, 0.717) is 11.8 Å². The minimum atomic E-state index is -0.0632. The average molecular weight is 280 g/mol. The van der Waals surface area contributed by atoms with Crippen LogP contribution in [0.15, 0.2) is 0 Å². The summed E-state index contributed by atoms with van der Waals surface area (Å²) < 4.78 is 11.6. The first-order chi connectivity index (χ1) is 9.79. The Balaban J connectivity index is 1.40. The Morgan fingerprint density at radius 3 is 2.35 bits per heavy atom. The summed E-state index contributed by atoms with van der Waals surface area (Å²) in [4.78, 5) is 0. The van der Waals surface area contributed by atoms with E-state index in [0.717, 1.165) is 57.3 Å². The lowest BCUT2D eigenvalue weighted by Gasteiger charge is -2.44. The molecule has 2 aliphatic heterocycles. The summed E-state index contributed by atoms with van der Waals surface area (Å²) in [6.07, 6.45) is 9.61. The van der Waals surface area contributed by atoms with Crippen molar-refractivity contribution in [2.24, 2.45) is 23.7 Å². The Morgan fingerprint density at radius 2 is 1.65 bits per heavy atom. The van der Waals surface area contributed by atoms with Gasteiger partial charge in [-0.2, -0.15) is 0 Å². The topological polar surface area (TPSA) is 38.7 Å². The molecule has 0 aromatic rings. The van der Waals surface area contributed by atoms with Gasteiger partial charge < -0.3 is 14.6 Å². The van der Waals surface area contributed by atoms with E-state index in [2.05, 4.69) is 0 Å². The van der Waals surface area contributed by atoms with Crippen LogP contribution < -0.4 is 0 Å².